The summed E-state index contributed by atoms with van der Waals surface area (Å²) in [5.74, 6) is 0.511. The molecule has 17 heavy (non-hydrogen) atoms. The molecule has 0 spiro atoms. The Morgan fingerprint density at radius 2 is 1.88 bits per heavy atom. The third-order valence-corrected chi connectivity index (χ3v) is 3.49. The van der Waals surface area contributed by atoms with E-state index in [0.29, 0.717) is 6.61 Å². The van der Waals surface area contributed by atoms with E-state index in [0.717, 1.165) is 23.4 Å². The predicted molar refractivity (Wildman–Crippen MR) is 68.1 cm³/mol. The molecule has 92 valence electrons. The standard InChI is InChI=1S/C14H17ClO2/c15-13-7-5-11(6-8-13)9-17-10-14(16)12-3-1-2-4-12/h5-8,12H,1-4,9-10H2. The molecule has 2 rings (SSSR count). The molecule has 0 N–H and O–H groups in total. The Hall–Kier alpha value is -0.860. The minimum absolute atomic E-state index is 0.243. The van der Waals surface area contributed by atoms with Crippen molar-refractivity contribution in [3.05, 3.63) is 34.9 Å². The Bertz CT molecular complexity index is 366. The monoisotopic (exact) mass is 252 g/mol. The first-order valence-electron chi connectivity index (χ1n) is 6.10. The van der Waals surface area contributed by atoms with E-state index in [9.17, 15) is 4.79 Å². The molecule has 0 atom stereocenters. The average molecular weight is 253 g/mol. The van der Waals surface area contributed by atoms with Crippen LogP contribution in [-0.4, -0.2) is 12.4 Å². The first-order chi connectivity index (χ1) is 8.25. The highest BCUT2D eigenvalue weighted by atomic mass is 35.5. The molecule has 1 aromatic rings. The van der Waals surface area contributed by atoms with Gasteiger partial charge in [-0.1, -0.05) is 36.6 Å². The van der Waals surface area contributed by atoms with Crippen molar-refractivity contribution in [2.24, 2.45) is 5.92 Å². The Kier molecular flexibility index (Phi) is 4.57. The molecule has 0 heterocycles. The molecule has 0 unspecified atom stereocenters. The zero-order valence-corrected chi connectivity index (χ0v) is 10.6. The van der Waals surface area contributed by atoms with Crippen LogP contribution < -0.4 is 0 Å². The topological polar surface area (TPSA) is 26.3 Å². The Labute approximate surface area is 107 Å². The van der Waals surface area contributed by atoms with Crippen molar-refractivity contribution >= 4 is 17.4 Å². The molecule has 1 aliphatic rings. The number of Topliss-reactive ketones (excluding diaryl/α,β-unsaturated/α-hetero) is 1. The zero-order valence-electron chi connectivity index (χ0n) is 9.82. The number of carbonyl (C=O) groups is 1. The van der Waals surface area contributed by atoms with E-state index in [-0.39, 0.29) is 18.3 Å². The fourth-order valence-electron chi connectivity index (χ4n) is 2.22. The number of halogens is 1. The van der Waals surface area contributed by atoms with Gasteiger partial charge in [0, 0.05) is 10.9 Å². The van der Waals surface area contributed by atoms with E-state index in [1.807, 2.05) is 24.3 Å². The van der Waals surface area contributed by atoms with Crippen molar-refractivity contribution in [2.45, 2.75) is 32.3 Å². The summed E-state index contributed by atoms with van der Waals surface area (Å²) in [6, 6.07) is 7.50. The molecule has 1 fully saturated rings. The molecule has 0 aromatic heterocycles. The van der Waals surface area contributed by atoms with Crippen LogP contribution in [0.2, 0.25) is 5.02 Å². The fraction of sp³-hybridized carbons (Fsp3) is 0.500. The highest BCUT2D eigenvalue weighted by molar-refractivity contribution is 6.30. The Balaban J connectivity index is 1.72. The van der Waals surface area contributed by atoms with Gasteiger partial charge in [-0.25, -0.2) is 0 Å². The van der Waals surface area contributed by atoms with Crippen molar-refractivity contribution in [2.75, 3.05) is 6.61 Å². The third kappa shape index (κ3) is 3.83. The lowest BCUT2D eigenvalue weighted by atomic mass is 10.0. The molecule has 1 saturated carbocycles. The van der Waals surface area contributed by atoms with Gasteiger partial charge in [-0.3, -0.25) is 4.79 Å². The van der Waals surface area contributed by atoms with E-state index >= 15 is 0 Å². The van der Waals surface area contributed by atoms with Gasteiger partial charge in [0.15, 0.2) is 5.78 Å². The summed E-state index contributed by atoms with van der Waals surface area (Å²) in [7, 11) is 0. The zero-order chi connectivity index (χ0) is 12.1. The van der Waals surface area contributed by atoms with Crippen molar-refractivity contribution in [1.82, 2.24) is 0 Å². The number of ketones is 1. The van der Waals surface area contributed by atoms with Crippen molar-refractivity contribution in [3.8, 4) is 0 Å². The Morgan fingerprint density at radius 1 is 1.24 bits per heavy atom. The van der Waals surface area contributed by atoms with Gasteiger partial charge in [0.25, 0.3) is 0 Å². The quantitative estimate of drug-likeness (QED) is 0.800. The summed E-state index contributed by atoms with van der Waals surface area (Å²) < 4.78 is 5.44. The molecule has 0 bridgehead atoms. The van der Waals surface area contributed by atoms with Gasteiger partial charge in [-0.15, -0.1) is 0 Å². The first-order valence-corrected chi connectivity index (χ1v) is 6.48. The number of carbonyl (C=O) groups excluding carboxylic acids is 1. The van der Waals surface area contributed by atoms with Crippen LogP contribution in [0.3, 0.4) is 0 Å². The molecule has 0 amide bonds. The Morgan fingerprint density at radius 3 is 2.53 bits per heavy atom. The minimum Gasteiger partial charge on any atom is -0.369 e. The fourth-order valence-corrected chi connectivity index (χ4v) is 2.34. The van der Waals surface area contributed by atoms with Gasteiger partial charge in [-0.05, 0) is 30.5 Å². The second-order valence-corrected chi connectivity index (χ2v) is 5.00. The maximum absolute atomic E-state index is 11.7. The van der Waals surface area contributed by atoms with Gasteiger partial charge in [0.05, 0.1) is 6.61 Å². The second-order valence-electron chi connectivity index (χ2n) is 4.57. The van der Waals surface area contributed by atoms with E-state index in [1.54, 1.807) is 0 Å². The smallest absolute Gasteiger partial charge is 0.161 e. The molecule has 0 saturated heterocycles. The lowest BCUT2D eigenvalue weighted by Crippen LogP contribution is -2.17. The molecule has 0 aliphatic heterocycles. The van der Waals surface area contributed by atoms with E-state index in [1.165, 1.54) is 12.8 Å². The van der Waals surface area contributed by atoms with Crippen LogP contribution >= 0.6 is 11.6 Å². The number of ether oxygens (including phenoxy) is 1. The van der Waals surface area contributed by atoms with E-state index in [2.05, 4.69) is 0 Å². The van der Waals surface area contributed by atoms with Crippen LogP contribution in [0.25, 0.3) is 0 Å². The van der Waals surface area contributed by atoms with Crippen molar-refractivity contribution in [3.63, 3.8) is 0 Å². The molecule has 0 radical (unpaired) electrons. The van der Waals surface area contributed by atoms with Gasteiger partial charge < -0.3 is 4.74 Å². The lowest BCUT2D eigenvalue weighted by molar-refractivity contribution is -0.127. The summed E-state index contributed by atoms with van der Waals surface area (Å²) in [6.45, 7) is 0.725. The minimum atomic E-state index is 0.243. The highest BCUT2D eigenvalue weighted by Gasteiger charge is 2.22. The number of hydrogen-bond donors (Lipinski definition) is 0. The molecular weight excluding hydrogens is 236 g/mol. The average Bonchev–Trinajstić information content (AvgIpc) is 2.85. The predicted octanol–water partition coefficient (Wildman–Crippen LogP) is 3.62. The third-order valence-electron chi connectivity index (χ3n) is 3.24. The molecule has 2 nitrogen and oxygen atoms in total. The summed E-state index contributed by atoms with van der Waals surface area (Å²) >= 11 is 5.79. The number of benzene rings is 1. The first kappa shape index (κ1) is 12.6. The van der Waals surface area contributed by atoms with Gasteiger partial charge in [-0.2, -0.15) is 0 Å². The van der Waals surface area contributed by atoms with Crippen LogP contribution in [0.1, 0.15) is 31.2 Å². The van der Waals surface area contributed by atoms with E-state index < -0.39 is 0 Å². The SMILES string of the molecule is O=C(COCc1ccc(Cl)cc1)C1CCCC1. The lowest BCUT2D eigenvalue weighted by Gasteiger charge is -2.08. The van der Waals surface area contributed by atoms with Gasteiger partial charge in [0.1, 0.15) is 6.61 Å². The van der Waals surface area contributed by atoms with Crippen LogP contribution in [0.15, 0.2) is 24.3 Å². The molecule has 1 aliphatic carbocycles. The maximum atomic E-state index is 11.7. The van der Waals surface area contributed by atoms with Crippen LogP contribution in [0.5, 0.6) is 0 Å². The molecule has 1 aromatic carbocycles. The molecular formula is C14H17ClO2. The largest absolute Gasteiger partial charge is 0.369 e. The molecule has 3 heteroatoms. The summed E-state index contributed by atoms with van der Waals surface area (Å²) in [5.41, 5.74) is 1.05. The number of hydrogen-bond acceptors (Lipinski definition) is 2. The van der Waals surface area contributed by atoms with Crippen molar-refractivity contribution < 1.29 is 9.53 Å². The van der Waals surface area contributed by atoms with Crippen LogP contribution in [0, 0.1) is 5.92 Å². The van der Waals surface area contributed by atoms with E-state index in [4.69, 9.17) is 16.3 Å². The maximum Gasteiger partial charge on any atom is 0.161 e. The highest BCUT2D eigenvalue weighted by Crippen LogP contribution is 2.25. The van der Waals surface area contributed by atoms with Crippen molar-refractivity contribution in [1.29, 1.82) is 0 Å². The summed E-state index contributed by atoms with van der Waals surface area (Å²) in [5, 5.41) is 0.718. The second kappa shape index (κ2) is 6.18. The van der Waals surface area contributed by atoms with Crippen LogP contribution in [-0.2, 0) is 16.1 Å². The van der Waals surface area contributed by atoms with Gasteiger partial charge >= 0.3 is 0 Å². The van der Waals surface area contributed by atoms with Crippen LogP contribution in [0.4, 0.5) is 0 Å². The summed E-state index contributed by atoms with van der Waals surface area (Å²) in [6.07, 6.45) is 4.47. The van der Waals surface area contributed by atoms with Gasteiger partial charge in [0.2, 0.25) is 0 Å². The number of rotatable bonds is 5. The summed E-state index contributed by atoms with van der Waals surface area (Å²) in [4.78, 5) is 11.7. The normalized spacial score (nSPS) is 16.3.